The van der Waals surface area contributed by atoms with Gasteiger partial charge in [-0.2, -0.15) is 0 Å². The summed E-state index contributed by atoms with van der Waals surface area (Å²) in [6.45, 7) is 13.7. The average Bonchev–Trinajstić information content (AvgIpc) is 2.79. The number of piperidine rings is 2. The SMILES string of the molecule is Cc1cccc(C)c1OC1CCCN(CC(O)CN2CCCC(Oc3c(C)cccc3C)C2)C1. The minimum absolute atomic E-state index is 0.186. The van der Waals surface area contributed by atoms with E-state index in [-0.39, 0.29) is 18.3 Å². The molecule has 2 aromatic rings. The molecule has 1 N–H and O–H groups in total. The van der Waals surface area contributed by atoms with E-state index in [0.29, 0.717) is 13.1 Å². The molecule has 0 aromatic heterocycles. The van der Waals surface area contributed by atoms with Crippen LogP contribution in [-0.4, -0.2) is 72.5 Å². The van der Waals surface area contributed by atoms with Crippen LogP contribution < -0.4 is 9.47 Å². The number of likely N-dealkylation sites (tertiary alicyclic amines) is 2. The highest BCUT2D eigenvalue weighted by molar-refractivity contribution is 5.40. The van der Waals surface area contributed by atoms with Crippen LogP contribution in [-0.2, 0) is 0 Å². The number of benzene rings is 2. The molecule has 0 saturated carbocycles. The lowest BCUT2D eigenvalue weighted by atomic mass is 10.1. The quantitative estimate of drug-likeness (QED) is 0.613. The molecule has 0 spiro atoms. The van der Waals surface area contributed by atoms with Gasteiger partial charge in [0.15, 0.2) is 0 Å². The number of rotatable bonds is 8. The fraction of sp³-hybridized carbons (Fsp3) is 0.586. The molecular weight excluding hydrogens is 424 g/mol. The summed E-state index contributed by atoms with van der Waals surface area (Å²) < 4.78 is 12.8. The summed E-state index contributed by atoms with van der Waals surface area (Å²) in [7, 11) is 0. The fourth-order valence-corrected chi connectivity index (χ4v) is 5.51. The molecule has 0 aliphatic carbocycles. The number of aliphatic hydroxyl groups is 1. The Bertz CT molecular complexity index is 831. The maximum atomic E-state index is 10.9. The van der Waals surface area contributed by atoms with Crippen molar-refractivity contribution in [1.29, 1.82) is 0 Å². The van der Waals surface area contributed by atoms with Crippen LogP contribution in [0.15, 0.2) is 36.4 Å². The van der Waals surface area contributed by atoms with Gasteiger partial charge in [0, 0.05) is 26.2 Å². The van der Waals surface area contributed by atoms with Gasteiger partial charge in [-0.15, -0.1) is 0 Å². The van der Waals surface area contributed by atoms with Gasteiger partial charge in [-0.1, -0.05) is 36.4 Å². The van der Waals surface area contributed by atoms with Crippen LogP contribution in [0.5, 0.6) is 11.5 Å². The van der Waals surface area contributed by atoms with Gasteiger partial charge in [-0.25, -0.2) is 0 Å². The first kappa shape index (κ1) is 25.0. The van der Waals surface area contributed by atoms with Gasteiger partial charge in [-0.05, 0) is 88.7 Å². The monoisotopic (exact) mass is 466 g/mol. The Morgan fingerprint density at radius 1 is 0.735 bits per heavy atom. The zero-order valence-electron chi connectivity index (χ0n) is 21.4. The van der Waals surface area contributed by atoms with E-state index in [1.165, 1.54) is 22.3 Å². The molecule has 2 fully saturated rings. The Morgan fingerprint density at radius 2 is 1.12 bits per heavy atom. The van der Waals surface area contributed by atoms with Crippen LogP contribution in [0, 0.1) is 27.7 Å². The first-order chi connectivity index (χ1) is 16.4. The summed E-state index contributed by atoms with van der Waals surface area (Å²) in [5.74, 6) is 2.05. The number of hydrogen-bond acceptors (Lipinski definition) is 5. The highest BCUT2D eigenvalue weighted by Crippen LogP contribution is 2.27. The Balaban J connectivity index is 1.26. The van der Waals surface area contributed by atoms with E-state index in [0.717, 1.165) is 63.4 Å². The minimum atomic E-state index is -0.363. The van der Waals surface area contributed by atoms with Crippen LogP contribution >= 0.6 is 0 Å². The maximum Gasteiger partial charge on any atom is 0.125 e. The molecule has 2 unspecified atom stereocenters. The molecule has 4 rings (SSSR count). The van der Waals surface area contributed by atoms with Gasteiger partial charge < -0.3 is 14.6 Å². The number of para-hydroxylation sites is 2. The molecule has 2 aliphatic rings. The molecular formula is C29H42N2O3. The third-order valence-electron chi connectivity index (χ3n) is 7.25. The Morgan fingerprint density at radius 3 is 1.50 bits per heavy atom. The largest absolute Gasteiger partial charge is 0.489 e. The van der Waals surface area contributed by atoms with E-state index in [1.807, 2.05) is 0 Å². The van der Waals surface area contributed by atoms with Gasteiger partial charge in [0.05, 0.1) is 6.10 Å². The third-order valence-corrected chi connectivity index (χ3v) is 7.25. The van der Waals surface area contributed by atoms with E-state index in [2.05, 4.69) is 73.9 Å². The average molecular weight is 467 g/mol. The molecule has 0 bridgehead atoms. The van der Waals surface area contributed by atoms with Crippen molar-refractivity contribution in [3.63, 3.8) is 0 Å². The van der Waals surface area contributed by atoms with Gasteiger partial charge >= 0.3 is 0 Å². The van der Waals surface area contributed by atoms with Crippen molar-refractivity contribution < 1.29 is 14.6 Å². The maximum absolute atomic E-state index is 10.9. The number of ether oxygens (including phenoxy) is 2. The van der Waals surface area contributed by atoms with Crippen LogP contribution in [0.4, 0.5) is 0 Å². The standard InChI is InChI=1S/C29H42N2O3/c1-21-9-5-10-22(2)28(21)33-26-13-7-15-30(19-26)17-25(32)18-31-16-8-14-27(20-31)34-29-23(3)11-6-12-24(29)4/h5-6,9-12,25-27,32H,7-8,13-20H2,1-4H3. The predicted octanol–water partition coefficient (Wildman–Crippen LogP) is 4.67. The minimum Gasteiger partial charge on any atom is -0.489 e. The first-order valence-electron chi connectivity index (χ1n) is 13.0. The first-order valence-corrected chi connectivity index (χ1v) is 13.0. The molecule has 0 amide bonds. The molecule has 2 heterocycles. The van der Waals surface area contributed by atoms with Gasteiger partial charge in [0.1, 0.15) is 23.7 Å². The molecule has 5 heteroatoms. The van der Waals surface area contributed by atoms with E-state index >= 15 is 0 Å². The van der Waals surface area contributed by atoms with Crippen molar-refractivity contribution in [3.8, 4) is 11.5 Å². The lowest BCUT2D eigenvalue weighted by molar-refractivity contribution is 0.0179. The highest BCUT2D eigenvalue weighted by atomic mass is 16.5. The van der Waals surface area contributed by atoms with Crippen LogP contribution in [0.2, 0.25) is 0 Å². The van der Waals surface area contributed by atoms with Crippen molar-refractivity contribution >= 4 is 0 Å². The summed E-state index contributed by atoms with van der Waals surface area (Å²) in [6, 6.07) is 12.6. The van der Waals surface area contributed by atoms with Crippen molar-refractivity contribution in [2.24, 2.45) is 0 Å². The van der Waals surface area contributed by atoms with Gasteiger partial charge in [0.2, 0.25) is 0 Å². The highest BCUT2D eigenvalue weighted by Gasteiger charge is 2.27. The number of nitrogens with zero attached hydrogens (tertiary/aromatic N) is 2. The van der Waals surface area contributed by atoms with Crippen LogP contribution in [0.25, 0.3) is 0 Å². The molecule has 2 aromatic carbocycles. The predicted molar refractivity (Wildman–Crippen MR) is 138 cm³/mol. The van der Waals surface area contributed by atoms with Gasteiger partial charge in [-0.3, -0.25) is 9.80 Å². The summed E-state index contributed by atoms with van der Waals surface area (Å²) in [6.07, 6.45) is 4.37. The second-order valence-corrected chi connectivity index (χ2v) is 10.4. The van der Waals surface area contributed by atoms with Crippen molar-refractivity contribution in [2.75, 3.05) is 39.3 Å². The number of hydrogen-bond donors (Lipinski definition) is 1. The lowest BCUT2D eigenvalue weighted by Gasteiger charge is -2.37. The number of aliphatic hydroxyl groups excluding tert-OH is 1. The summed E-state index contributed by atoms with van der Waals surface area (Å²) >= 11 is 0. The number of β-amino-alcohol motifs (C(OH)–C–C–N with tert-alkyl or cyclic N) is 1. The molecule has 34 heavy (non-hydrogen) atoms. The molecule has 2 atom stereocenters. The van der Waals surface area contributed by atoms with Crippen molar-refractivity contribution in [3.05, 3.63) is 58.7 Å². The van der Waals surface area contributed by atoms with Crippen LogP contribution in [0.3, 0.4) is 0 Å². The topological polar surface area (TPSA) is 45.2 Å². The molecule has 2 aliphatic heterocycles. The number of aryl methyl sites for hydroxylation is 4. The second kappa shape index (κ2) is 11.6. The zero-order valence-corrected chi connectivity index (χ0v) is 21.4. The Hall–Kier alpha value is -2.08. The Labute approximate surface area is 205 Å². The van der Waals surface area contributed by atoms with Crippen LogP contribution in [0.1, 0.15) is 47.9 Å². The molecule has 5 nitrogen and oxygen atoms in total. The summed E-state index contributed by atoms with van der Waals surface area (Å²) in [5.41, 5.74) is 4.78. The molecule has 186 valence electrons. The van der Waals surface area contributed by atoms with E-state index in [9.17, 15) is 5.11 Å². The molecule has 0 radical (unpaired) electrons. The van der Waals surface area contributed by atoms with Crippen molar-refractivity contribution in [1.82, 2.24) is 9.80 Å². The smallest absolute Gasteiger partial charge is 0.125 e. The van der Waals surface area contributed by atoms with Crippen molar-refractivity contribution in [2.45, 2.75) is 71.7 Å². The Kier molecular flexibility index (Phi) is 8.51. The van der Waals surface area contributed by atoms with E-state index < -0.39 is 0 Å². The van der Waals surface area contributed by atoms with E-state index in [4.69, 9.17) is 9.47 Å². The normalized spacial score (nSPS) is 23.0. The van der Waals surface area contributed by atoms with E-state index in [1.54, 1.807) is 0 Å². The lowest BCUT2D eigenvalue weighted by Crippen LogP contribution is -2.49. The second-order valence-electron chi connectivity index (χ2n) is 10.4. The molecule has 2 saturated heterocycles. The third kappa shape index (κ3) is 6.53. The van der Waals surface area contributed by atoms with Gasteiger partial charge in [0.25, 0.3) is 0 Å². The summed E-state index contributed by atoms with van der Waals surface area (Å²) in [4.78, 5) is 4.75. The zero-order chi connectivity index (χ0) is 24.1. The fourth-order valence-electron chi connectivity index (χ4n) is 5.51. The summed E-state index contributed by atoms with van der Waals surface area (Å²) in [5, 5.41) is 10.9.